The summed E-state index contributed by atoms with van der Waals surface area (Å²) in [6, 6.07) is 15.4. The number of anilines is 1. The van der Waals surface area contributed by atoms with Gasteiger partial charge < -0.3 is 9.73 Å². The third-order valence-electron chi connectivity index (χ3n) is 3.90. The van der Waals surface area contributed by atoms with Gasteiger partial charge in [0.15, 0.2) is 0 Å². The molecule has 3 aromatic rings. The fourth-order valence-electron chi connectivity index (χ4n) is 2.42. The lowest BCUT2D eigenvalue weighted by molar-refractivity contribution is -0.112. The van der Waals surface area contributed by atoms with E-state index in [9.17, 15) is 10.1 Å². The zero-order valence-corrected chi connectivity index (χ0v) is 16.9. The van der Waals surface area contributed by atoms with Crippen LogP contribution in [0.25, 0.3) is 17.4 Å². The molecule has 0 bridgehead atoms. The molecule has 3 rings (SSSR count). The van der Waals surface area contributed by atoms with Crippen LogP contribution in [0.3, 0.4) is 0 Å². The molecule has 1 amide bonds. The van der Waals surface area contributed by atoms with Crippen LogP contribution in [0.2, 0.25) is 15.1 Å². The number of amides is 1. The Bertz CT molecular complexity index is 1130. The van der Waals surface area contributed by atoms with Crippen molar-refractivity contribution in [1.29, 1.82) is 5.26 Å². The van der Waals surface area contributed by atoms with Gasteiger partial charge in [0.25, 0.3) is 5.91 Å². The van der Waals surface area contributed by atoms with E-state index in [0.29, 0.717) is 37.8 Å². The second-order valence-corrected chi connectivity index (χ2v) is 7.16. The van der Waals surface area contributed by atoms with Gasteiger partial charge in [0.1, 0.15) is 23.2 Å². The molecular weight excluding hydrogens is 419 g/mol. The third-order valence-corrected chi connectivity index (χ3v) is 4.86. The summed E-state index contributed by atoms with van der Waals surface area (Å²) in [5, 5.41) is 13.5. The van der Waals surface area contributed by atoms with Crippen molar-refractivity contribution < 1.29 is 9.21 Å². The average Bonchev–Trinajstić information content (AvgIpc) is 3.11. The molecule has 1 N–H and O–H groups in total. The fraction of sp³-hybridized carbons (Fsp3) is 0.0476. The fourth-order valence-corrected chi connectivity index (χ4v) is 3.11. The van der Waals surface area contributed by atoms with Crippen molar-refractivity contribution in [2.24, 2.45) is 0 Å². The number of benzene rings is 2. The molecule has 140 valence electrons. The number of nitriles is 1. The molecule has 0 aliphatic heterocycles. The SMILES string of the molecule is Cc1ccc(NC(=O)/C(C#N)=C/c2ccc(-c3ccc(Cl)cc3Cl)o2)cc1Cl. The Labute approximate surface area is 176 Å². The maximum Gasteiger partial charge on any atom is 0.266 e. The Morgan fingerprint density at radius 2 is 1.86 bits per heavy atom. The van der Waals surface area contributed by atoms with Crippen LogP contribution in [0, 0.1) is 18.3 Å². The molecule has 0 aliphatic rings. The van der Waals surface area contributed by atoms with Crippen molar-refractivity contribution in [3.05, 3.63) is 80.5 Å². The van der Waals surface area contributed by atoms with Gasteiger partial charge in [0, 0.05) is 27.4 Å². The largest absolute Gasteiger partial charge is 0.457 e. The van der Waals surface area contributed by atoms with Crippen molar-refractivity contribution in [2.45, 2.75) is 6.92 Å². The molecule has 4 nitrogen and oxygen atoms in total. The molecule has 0 unspecified atom stereocenters. The second kappa shape index (κ2) is 8.53. The Hall–Kier alpha value is -2.71. The molecule has 1 aromatic heterocycles. The molecule has 0 radical (unpaired) electrons. The van der Waals surface area contributed by atoms with E-state index in [0.717, 1.165) is 5.56 Å². The lowest BCUT2D eigenvalue weighted by Gasteiger charge is -2.06. The first-order valence-electron chi connectivity index (χ1n) is 8.12. The number of carbonyl (C=O) groups is 1. The minimum Gasteiger partial charge on any atom is -0.457 e. The van der Waals surface area contributed by atoms with Crippen molar-refractivity contribution in [2.75, 3.05) is 5.32 Å². The minimum atomic E-state index is -0.565. The summed E-state index contributed by atoms with van der Waals surface area (Å²) in [6.07, 6.45) is 1.36. The number of nitrogens with one attached hydrogen (secondary N) is 1. The van der Waals surface area contributed by atoms with Gasteiger partial charge in [-0.25, -0.2) is 0 Å². The number of aryl methyl sites for hydroxylation is 1. The standard InChI is InChI=1S/C21H13Cl3N2O2/c1-12-2-4-15(10-18(12)23)26-21(27)13(11-25)8-16-5-7-20(28-16)17-6-3-14(22)9-19(17)24/h2-10H,1H3,(H,26,27)/b13-8+. The number of hydrogen-bond acceptors (Lipinski definition) is 3. The Kier molecular flexibility index (Phi) is 6.11. The van der Waals surface area contributed by atoms with Gasteiger partial charge in [-0.15, -0.1) is 0 Å². The zero-order chi connectivity index (χ0) is 20.3. The summed E-state index contributed by atoms with van der Waals surface area (Å²) in [5.41, 5.74) is 1.93. The van der Waals surface area contributed by atoms with Crippen LogP contribution in [0.1, 0.15) is 11.3 Å². The highest BCUT2D eigenvalue weighted by Gasteiger charge is 2.13. The average molecular weight is 432 g/mol. The number of hydrogen-bond donors (Lipinski definition) is 1. The van der Waals surface area contributed by atoms with E-state index in [-0.39, 0.29) is 5.57 Å². The highest BCUT2D eigenvalue weighted by Crippen LogP contribution is 2.32. The van der Waals surface area contributed by atoms with Gasteiger partial charge in [0.05, 0.1) is 5.02 Å². The number of nitrogens with zero attached hydrogens (tertiary/aromatic N) is 1. The van der Waals surface area contributed by atoms with E-state index >= 15 is 0 Å². The summed E-state index contributed by atoms with van der Waals surface area (Å²) in [6.45, 7) is 1.86. The summed E-state index contributed by atoms with van der Waals surface area (Å²) < 4.78 is 5.70. The minimum absolute atomic E-state index is 0.111. The van der Waals surface area contributed by atoms with E-state index in [2.05, 4.69) is 5.32 Å². The van der Waals surface area contributed by atoms with E-state index < -0.39 is 5.91 Å². The third kappa shape index (κ3) is 4.58. The van der Waals surface area contributed by atoms with E-state index in [1.54, 1.807) is 48.5 Å². The van der Waals surface area contributed by atoms with Crippen LogP contribution in [0.4, 0.5) is 5.69 Å². The van der Waals surface area contributed by atoms with Crippen molar-refractivity contribution in [1.82, 2.24) is 0 Å². The van der Waals surface area contributed by atoms with Crippen LogP contribution in [0.5, 0.6) is 0 Å². The Morgan fingerprint density at radius 3 is 2.54 bits per heavy atom. The van der Waals surface area contributed by atoms with Gasteiger partial charge in [-0.3, -0.25) is 4.79 Å². The lowest BCUT2D eigenvalue weighted by atomic mass is 10.2. The van der Waals surface area contributed by atoms with Crippen molar-refractivity contribution >= 4 is 52.5 Å². The quantitative estimate of drug-likeness (QED) is 0.366. The summed E-state index contributed by atoms with van der Waals surface area (Å²) in [4.78, 5) is 12.4. The van der Waals surface area contributed by atoms with Gasteiger partial charge >= 0.3 is 0 Å². The molecule has 0 saturated carbocycles. The van der Waals surface area contributed by atoms with Crippen molar-refractivity contribution in [3.63, 3.8) is 0 Å². The van der Waals surface area contributed by atoms with Gasteiger partial charge in [-0.2, -0.15) is 5.26 Å². The molecule has 28 heavy (non-hydrogen) atoms. The maximum atomic E-state index is 12.4. The van der Waals surface area contributed by atoms with E-state index in [4.69, 9.17) is 39.2 Å². The van der Waals surface area contributed by atoms with Gasteiger partial charge in [-0.05, 0) is 55.0 Å². The summed E-state index contributed by atoms with van der Waals surface area (Å²) >= 11 is 18.1. The number of furan rings is 1. The first kappa shape index (κ1) is 20.0. The molecule has 0 saturated heterocycles. The molecule has 2 aromatic carbocycles. The van der Waals surface area contributed by atoms with Gasteiger partial charge in [-0.1, -0.05) is 40.9 Å². The smallest absolute Gasteiger partial charge is 0.266 e. The normalized spacial score (nSPS) is 11.2. The predicted molar refractivity (Wildman–Crippen MR) is 113 cm³/mol. The monoisotopic (exact) mass is 430 g/mol. The molecule has 0 aliphatic carbocycles. The lowest BCUT2D eigenvalue weighted by Crippen LogP contribution is -2.13. The molecular formula is C21H13Cl3N2O2. The summed E-state index contributed by atoms with van der Waals surface area (Å²) in [5.74, 6) is 0.274. The van der Waals surface area contributed by atoms with Crippen molar-refractivity contribution in [3.8, 4) is 17.4 Å². The molecule has 0 atom stereocenters. The predicted octanol–water partition coefficient (Wildman–Crippen LogP) is 6.76. The topological polar surface area (TPSA) is 66.0 Å². The first-order valence-corrected chi connectivity index (χ1v) is 9.25. The zero-order valence-electron chi connectivity index (χ0n) is 14.6. The maximum absolute atomic E-state index is 12.4. The second-order valence-electron chi connectivity index (χ2n) is 5.91. The highest BCUT2D eigenvalue weighted by atomic mass is 35.5. The molecule has 7 heteroatoms. The van der Waals surface area contributed by atoms with E-state index in [1.807, 2.05) is 13.0 Å². The molecule has 1 heterocycles. The summed E-state index contributed by atoms with van der Waals surface area (Å²) in [7, 11) is 0. The molecule has 0 spiro atoms. The Balaban J connectivity index is 1.82. The van der Waals surface area contributed by atoms with Crippen LogP contribution in [-0.4, -0.2) is 5.91 Å². The number of carbonyl (C=O) groups excluding carboxylic acids is 1. The van der Waals surface area contributed by atoms with Crippen LogP contribution >= 0.6 is 34.8 Å². The molecule has 0 fully saturated rings. The first-order chi connectivity index (χ1) is 13.4. The van der Waals surface area contributed by atoms with Crippen LogP contribution in [-0.2, 0) is 4.79 Å². The van der Waals surface area contributed by atoms with Crippen LogP contribution in [0.15, 0.2) is 58.5 Å². The number of rotatable bonds is 4. The van der Waals surface area contributed by atoms with Gasteiger partial charge in [0.2, 0.25) is 0 Å². The van der Waals surface area contributed by atoms with Crippen LogP contribution < -0.4 is 5.32 Å². The van der Waals surface area contributed by atoms with E-state index in [1.165, 1.54) is 6.08 Å². The Morgan fingerprint density at radius 1 is 1.07 bits per heavy atom. The number of halogens is 3. The highest BCUT2D eigenvalue weighted by molar-refractivity contribution is 6.36.